The number of benzene rings is 2. The summed E-state index contributed by atoms with van der Waals surface area (Å²) in [7, 11) is -1.19. The van der Waals surface area contributed by atoms with E-state index in [-0.39, 0.29) is 0 Å². The van der Waals surface area contributed by atoms with Crippen molar-refractivity contribution in [1.82, 2.24) is 10.2 Å². The van der Waals surface area contributed by atoms with E-state index >= 15 is 0 Å². The van der Waals surface area contributed by atoms with Gasteiger partial charge in [-0.05, 0) is 56.2 Å². The zero-order valence-corrected chi connectivity index (χ0v) is 16.7. The molecule has 27 heavy (non-hydrogen) atoms. The normalized spacial score (nSPS) is 12.6. The van der Waals surface area contributed by atoms with Crippen LogP contribution in [-0.4, -0.2) is 20.2 Å². The van der Waals surface area contributed by atoms with Gasteiger partial charge in [0.1, 0.15) is 11.3 Å². The fourth-order valence-electron chi connectivity index (χ4n) is 3.26. The molecule has 0 bridgehead atoms. The lowest BCUT2D eigenvalue weighted by Gasteiger charge is -2.08. The van der Waals surface area contributed by atoms with Gasteiger partial charge >= 0.3 is 0 Å². The first-order valence-electron chi connectivity index (χ1n) is 8.70. The number of fused-ring (bicyclic) bond motifs is 1. The summed E-state index contributed by atoms with van der Waals surface area (Å²) in [5, 5.41) is 8.79. The number of furan rings is 1. The van der Waals surface area contributed by atoms with E-state index < -0.39 is 10.8 Å². The molecule has 0 saturated heterocycles. The zero-order valence-electron chi connectivity index (χ0n) is 15.1. The van der Waals surface area contributed by atoms with Crippen LogP contribution in [0, 0.1) is 13.8 Å². The van der Waals surface area contributed by atoms with Crippen LogP contribution in [0.2, 0.25) is 5.02 Å². The predicted octanol–water partition coefficient (Wildman–Crippen LogP) is 5.44. The molecule has 0 amide bonds. The molecule has 0 aliphatic rings. The van der Waals surface area contributed by atoms with Gasteiger partial charge in [0.25, 0.3) is 0 Å². The van der Waals surface area contributed by atoms with Gasteiger partial charge in [0.15, 0.2) is 0 Å². The van der Waals surface area contributed by atoms with Crippen LogP contribution < -0.4 is 0 Å². The molecule has 138 valence electrons. The average molecular weight is 399 g/mol. The smallest absolute Gasteiger partial charge is 0.136 e. The van der Waals surface area contributed by atoms with Crippen LogP contribution in [0.3, 0.4) is 0 Å². The third-order valence-electron chi connectivity index (χ3n) is 4.70. The number of halogens is 1. The number of nitrogens with one attached hydrogen (secondary N) is 1. The fraction of sp³-hybridized carbons (Fsp3) is 0.190. The number of hydrogen-bond acceptors (Lipinski definition) is 3. The van der Waals surface area contributed by atoms with E-state index in [2.05, 4.69) is 10.2 Å². The molecule has 4 nitrogen and oxygen atoms in total. The van der Waals surface area contributed by atoms with Gasteiger partial charge in [-0.15, -0.1) is 0 Å². The van der Waals surface area contributed by atoms with Gasteiger partial charge in [0, 0.05) is 32.3 Å². The highest BCUT2D eigenvalue weighted by atomic mass is 35.5. The number of H-pyrrole nitrogens is 1. The van der Waals surface area contributed by atoms with E-state index in [4.69, 9.17) is 16.0 Å². The van der Waals surface area contributed by atoms with Crippen LogP contribution in [0.15, 0.2) is 57.8 Å². The fourth-order valence-corrected chi connectivity index (χ4v) is 4.66. The summed E-state index contributed by atoms with van der Waals surface area (Å²) in [5.41, 5.74) is 4.69. The lowest BCUT2D eigenvalue weighted by molar-refractivity contribution is 0.629. The molecule has 0 spiro atoms. The minimum Gasteiger partial charge on any atom is -0.456 e. The molecule has 0 aliphatic heterocycles. The third-order valence-corrected chi connectivity index (χ3v) is 6.35. The molecule has 2 heterocycles. The van der Waals surface area contributed by atoms with Crippen LogP contribution in [-0.2, 0) is 17.2 Å². The van der Waals surface area contributed by atoms with E-state index in [0.29, 0.717) is 23.0 Å². The van der Waals surface area contributed by atoms with Gasteiger partial charge in [0.2, 0.25) is 0 Å². The number of aromatic amines is 1. The molecule has 2 aromatic carbocycles. The highest BCUT2D eigenvalue weighted by molar-refractivity contribution is 7.85. The molecule has 1 atom stereocenters. The molecule has 2 aromatic heterocycles. The highest BCUT2D eigenvalue weighted by Gasteiger charge is 2.17. The first-order valence-corrected chi connectivity index (χ1v) is 10.4. The monoisotopic (exact) mass is 398 g/mol. The molecule has 1 unspecified atom stereocenters. The maximum absolute atomic E-state index is 13.1. The number of aryl methyl sites for hydroxylation is 2. The van der Waals surface area contributed by atoms with E-state index in [1.54, 1.807) is 6.07 Å². The van der Waals surface area contributed by atoms with E-state index in [0.717, 1.165) is 38.4 Å². The van der Waals surface area contributed by atoms with Crippen molar-refractivity contribution in [2.45, 2.75) is 25.2 Å². The first-order chi connectivity index (χ1) is 13.0. The quantitative estimate of drug-likeness (QED) is 0.486. The molecule has 4 aromatic rings. The van der Waals surface area contributed by atoms with Gasteiger partial charge in [-0.1, -0.05) is 29.8 Å². The SMILES string of the molecule is Cc1n[nH]c(C)c1CCS(=O)c1ccc(Cl)cc1-c1cc2ccccc2o1. The maximum Gasteiger partial charge on any atom is 0.136 e. The largest absolute Gasteiger partial charge is 0.456 e. The number of aromatic nitrogens is 2. The standard InChI is InChI=1S/C21H19ClN2O2S/c1-13-17(14(2)24-23-13)9-10-27(25)21-8-7-16(22)12-18(21)20-11-15-5-3-4-6-19(15)26-20/h3-8,11-12H,9-10H2,1-2H3,(H,23,24). The Balaban J connectivity index is 1.67. The van der Waals surface area contributed by atoms with Gasteiger partial charge in [-0.25, -0.2) is 0 Å². The molecule has 4 rings (SSSR count). The molecule has 6 heteroatoms. The van der Waals surface area contributed by atoms with E-state index in [1.807, 2.05) is 56.3 Å². The maximum atomic E-state index is 13.1. The summed E-state index contributed by atoms with van der Waals surface area (Å²) in [6.07, 6.45) is 0.697. The number of nitrogens with zero attached hydrogens (tertiary/aromatic N) is 1. The highest BCUT2D eigenvalue weighted by Crippen LogP contribution is 2.33. The molecule has 0 saturated carbocycles. The minimum absolute atomic E-state index is 0.510. The second-order valence-electron chi connectivity index (χ2n) is 6.50. The topological polar surface area (TPSA) is 58.9 Å². The third kappa shape index (κ3) is 3.57. The van der Waals surface area contributed by atoms with Crippen LogP contribution in [0.4, 0.5) is 0 Å². The van der Waals surface area contributed by atoms with Crippen LogP contribution >= 0.6 is 11.6 Å². The summed E-state index contributed by atoms with van der Waals surface area (Å²) in [6.45, 7) is 3.95. The lowest BCUT2D eigenvalue weighted by atomic mass is 10.1. The first kappa shape index (κ1) is 18.0. The molecule has 1 N–H and O–H groups in total. The van der Waals surface area contributed by atoms with Crippen molar-refractivity contribution in [3.05, 3.63) is 70.5 Å². The van der Waals surface area contributed by atoms with Gasteiger partial charge < -0.3 is 4.42 Å². The summed E-state index contributed by atoms with van der Waals surface area (Å²) >= 11 is 6.22. The Morgan fingerprint density at radius 2 is 1.96 bits per heavy atom. The van der Waals surface area contributed by atoms with E-state index in [9.17, 15) is 4.21 Å². The Morgan fingerprint density at radius 3 is 2.70 bits per heavy atom. The van der Waals surface area contributed by atoms with E-state index in [1.165, 1.54) is 0 Å². The van der Waals surface area contributed by atoms with Crippen molar-refractivity contribution >= 4 is 33.4 Å². The molecule has 0 radical (unpaired) electrons. The Hall–Kier alpha value is -2.37. The molecule has 0 aliphatic carbocycles. The van der Waals surface area contributed by atoms with Crippen molar-refractivity contribution in [3.8, 4) is 11.3 Å². The average Bonchev–Trinajstić information content (AvgIpc) is 3.23. The minimum atomic E-state index is -1.19. The van der Waals surface area contributed by atoms with Crippen LogP contribution in [0.1, 0.15) is 17.0 Å². The number of rotatable bonds is 5. The van der Waals surface area contributed by atoms with Gasteiger partial charge in [-0.2, -0.15) is 5.10 Å². The second kappa shape index (κ2) is 7.33. The van der Waals surface area contributed by atoms with Gasteiger partial charge in [0.05, 0.1) is 16.5 Å². The lowest BCUT2D eigenvalue weighted by Crippen LogP contribution is -2.04. The number of para-hydroxylation sites is 1. The summed E-state index contributed by atoms with van der Waals surface area (Å²) in [6, 6.07) is 15.2. The second-order valence-corrected chi connectivity index (χ2v) is 8.48. The zero-order chi connectivity index (χ0) is 19.0. The van der Waals surface area contributed by atoms with Crippen molar-refractivity contribution < 1.29 is 8.63 Å². The van der Waals surface area contributed by atoms with Crippen LogP contribution in [0.25, 0.3) is 22.3 Å². The molecular weight excluding hydrogens is 380 g/mol. The van der Waals surface area contributed by atoms with Crippen LogP contribution in [0.5, 0.6) is 0 Å². The Kier molecular flexibility index (Phi) is 4.89. The van der Waals surface area contributed by atoms with Crippen molar-refractivity contribution in [2.75, 3.05) is 5.75 Å². The van der Waals surface area contributed by atoms with Gasteiger partial charge in [-0.3, -0.25) is 9.31 Å². The summed E-state index contributed by atoms with van der Waals surface area (Å²) in [5.74, 6) is 1.19. The molecule has 0 fully saturated rings. The van der Waals surface area contributed by atoms with Crippen molar-refractivity contribution in [3.63, 3.8) is 0 Å². The Labute approximate surface area is 165 Å². The van der Waals surface area contributed by atoms with Crippen molar-refractivity contribution in [1.29, 1.82) is 0 Å². The predicted molar refractivity (Wildman–Crippen MR) is 110 cm³/mol. The Morgan fingerprint density at radius 1 is 1.15 bits per heavy atom. The summed E-state index contributed by atoms with van der Waals surface area (Å²) < 4.78 is 19.1. The summed E-state index contributed by atoms with van der Waals surface area (Å²) in [4.78, 5) is 0.734. The van der Waals surface area contributed by atoms with Crippen molar-refractivity contribution in [2.24, 2.45) is 0 Å². The molecular formula is C21H19ClN2O2S. The number of hydrogen-bond donors (Lipinski definition) is 1. The Bertz CT molecular complexity index is 1090.